The van der Waals surface area contributed by atoms with Crippen LogP contribution in [-0.2, 0) is 78.6 Å². The predicted molar refractivity (Wildman–Crippen MR) is 396 cm³/mol. The van der Waals surface area contributed by atoms with Crippen LogP contribution in [0.1, 0.15) is 166 Å². The number of carbonyl (C=O) groups is 3. The number of amides is 3. The van der Waals surface area contributed by atoms with E-state index in [0.717, 1.165) is 16.7 Å². The zero-order valence-electron chi connectivity index (χ0n) is 65.0. The molecule has 4 saturated heterocycles. The molecule has 574 valence electrons. The number of fused-ring (bicyclic) bond motifs is 1. The first kappa shape index (κ1) is 83.2. The molecule has 0 spiro atoms. The Morgan fingerprint density at radius 2 is 1.02 bits per heavy atom. The number of alkyl carbamates (subject to hydrolysis) is 3. The van der Waals surface area contributed by atoms with Gasteiger partial charge in [-0.05, 0) is 130 Å². The summed E-state index contributed by atoms with van der Waals surface area (Å²) in [7, 11) is -8.22. The van der Waals surface area contributed by atoms with Crippen molar-refractivity contribution >= 4 is 43.2 Å². The summed E-state index contributed by atoms with van der Waals surface area (Å²) in [6, 6.07) is 26.7. The molecule has 4 heterocycles. The van der Waals surface area contributed by atoms with Crippen molar-refractivity contribution in [3.8, 4) is 0 Å². The first-order chi connectivity index (χ1) is 47.6. The Labute approximate surface area is 611 Å². The van der Waals surface area contributed by atoms with Crippen LogP contribution in [0.15, 0.2) is 91.0 Å². The smallest absolute Gasteiger partial charge is 0.407 e. The van der Waals surface area contributed by atoms with Gasteiger partial charge in [-0.1, -0.05) is 181 Å². The monoisotopic (exact) mass is 1480 g/mol. The van der Waals surface area contributed by atoms with Crippen LogP contribution < -0.4 is 16.0 Å². The average Bonchev–Trinajstić information content (AvgIpc) is 1.26. The Bertz CT molecular complexity index is 3110. The lowest BCUT2D eigenvalue weighted by Crippen LogP contribution is -2.70. The number of benzene rings is 3. The van der Waals surface area contributed by atoms with Gasteiger partial charge in [0.25, 0.3) is 0 Å². The molecule has 3 aromatic carbocycles. The summed E-state index contributed by atoms with van der Waals surface area (Å²) in [5.41, 5.74) is 1.69. The van der Waals surface area contributed by atoms with Crippen molar-refractivity contribution in [2.45, 2.75) is 327 Å². The van der Waals surface area contributed by atoms with E-state index in [1.165, 1.54) is 0 Å². The Morgan fingerprint density at radius 3 is 1.54 bits per heavy atom. The van der Waals surface area contributed by atoms with Crippen LogP contribution in [0.25, 0.3) is 0 Å². The van der Waals surface area contributed by atoms with Crippen LogP contribution in [0, 0.1) is 17.8 Å². The van der Waals surface area contributed by atoms with E-state index in [1.807, 2.05) is 112 Å². The zero-order chi connectivity index (χ0) is 75.1. The third-order valence-electron chi connectivity index (χ3n) is 22.2. The Balaban J connectivity index is 1.19. The first-order valence-electron chi connectivity index (χ1n) is 37.2. The number of aliphatic hydroxyl groups excluding tert-OH is 2. The number of rotatable bonds is 26. The molecule has 1 saturated carbocycles. The highest BCUT2D eigenvalue weighted by Gasteiger charge is 2.60. The summed E-state index contributed by atoms with van der Waals surface area (Å²) < 4.78 is 97.3. The molecular weight excluding hydrogens is 1360 g/mol. The fraction of sp³-hybridized carbons (Fsp3) is 0.727. The molecule has 5 aliphatic rings. The minimum absolute atomic E-state index is 0.00337. The van der Waals surface area contributed by atoms with E-state index in [4.69, 9.17) is 65.4 Å². The molecule has 0 radical (unpaired) electrons. The van der Waals surface area contributed by atoms with Crippen LogP contribution in [-0.4, -0.2) is 176 Å². The highest BCUT2D eigenvalue weighted by molar-refractivity contribution is 6.75. The fourth-order valence-electron chi connectivity index (χ4n) is 13.2. The molecule has 5 fully saturated rings. The molecule has 3 aromatic rings. The molecular formula is C77H125N3O19Si3. The third-order valence-corrected chi connectivity index (χ3v) is 35.7. The van der Waals surface area contributed by atoms with E-state index < -0.39 is 171 Å². The lowest BCUT2D eigenvalue weighted by molar-refractivity contribution is -0.353. The third kappa shape index (κ3) is 21.5. The Hall–Kier alpha value is -4.40. The van der Waals surface area contributed by atoms with E-state index in [-0.39, 0.29) is 53.8 Å². The standard InChI is InChI=1S/C77H125N3O19Si3/c1-23-54-62(94-69-58(80-73(85)88-45-50-36-30-26-31-37-50)64(98-101(19,20)76(11,12)13)63(55(24-2)89-69)97-100(17,18)75(8,9)10)66(99-102(21,22)77(14,15)16)70(90-54)95-65-59(82)52(40-41-53(81)43-78-71(83)96-74(5,6)7)42-47(3)60(65)92-68-57(79-72(84)87-44-49-34-28-25-29-35-49)48(4)61-56(91-68)46-86-67(93-61)51-38-32-27-33-39-51/h25-39,47-48,52-70,81-82H,23-24,40-46H2,1-22H3,(H,78,83)(H,79,84)(H,80,85)/t47-,48+,52+,53?,54+,55-,56+,57+,58+,59-,60+,61-,62+,63+,64+,65+,66+,67?,68+,69+,70-/m0/s1. The number of carbonyl (C=O) groups excluding carboxylic acids is 3. The second kappa shape index (κ2) is 34.7. The minimum Gasteiger partial charge on any atom is -0.445 e. The maximum atomic E-state index is 14.7. The molecule has 0 bridgehead atoms. The minimum atomic E-state index is -2.87. The molecule has 5 N–H and O–H groups in total. The lowest BCUT2D eigenvalue weighted by Gasteiger charge is -2.53. The van der Waals surface area contributed by atoms with Gasteiger partial charge >= 0.3 is 18.3 Å². The van der Waals surface area contributed by atoms with Gasteiger partial charge in [-0.3, -0.25) is 0 Å². The average molecular weight is 1480 g/mol. The van der Waals surface area contributed by atoms with Crippen molar-refractivity contribution in [2.24, 2.45) is 17.8 Å². The molecule has 25 heteroatoms. The number of hydrogen-bond donors (Lipinski definition) is 5. The van der Waals surface area contributed by atoms with E-state index in [1.54, 1.807) is 20.8 Å². The van der Waals surface area contributed by atoms with Crippen LogP contribution in [0.5, 0.6) is 0 Å². The van der Waals surface area contributed by atoms with Gasteiger partial charge in [0.05, 0.1) is 61.5 Å². The fourth-order valence-corrected chi connectivity index (χ4v) is 17.1. The largest absolute Gasteiger partial charge is 0.445 e. The molecule has 1 aliphatic carbocycles. The Morgan fingerprint density at radius 1 is 0.559 bits per heavy atom. The maximum absolute atomic E-state index is 14.7. The van der Waals surface area contributed by atoms with Gasteiger partial charge in [0, 0.05) is 18.0 Å². The normalized spacial score (nSPS) is 31.6. The number of ether oxygens (including phenoxy) is 11. The molecule has 8 rings (SSSR count). The number of aliphatic hydroxyl groups is 2. The summed E-state index contributed by atoms with van der Waals surface area (Å²) in [6.07, 6.45) is -14.8. The zero-order valence-corrected chi connectivity index (χ0v) is 68.0. The number of hydrogen-bond acceptors (Lipinski definition) is 19. The predicted octanol–water partition coefficient (Wildman–Crippen LogP) is 14.3. The second-order valence-corrected chi connectivity index (χ2v) is 48.6. The second-order valence-electron chi connectivity index (χ2n) is 34.4. The van der Waals surface area contributed by atoms with E-state index in [0.29, 0.717) is 25.7 Å². The van der Waals surface area contributed by atoms with E-state index in [9.17, 15) is 24.6 Å². The molecule has 0 aromatic heterocycles. The Kier molecular flexibility index (Phi) is 28.3. The summed E-state index contributed by atoms with van der Waals surface area (Å²) in [4.78, 5) is 41.7. The van der Waals surface area contributed by atoms with E-state index >= 15 is 0 Å². The van der Waals surface area contributed by atoms with Crippen molar-refractivity contribution in [3.63, 3.8) is 0 Å². The van der Waals surface area contributed by atoms with Crippen LogP contribution in [0.2, 0.25) is 54.4 Å². The van der Waals surface area contributed by atoms with Gasteiger partial charge in [-0.15, -0.1) is 0 Å². The molecule has 3 amide bonds. The topological polar surface area (TPSA) is 257 Å². The molecule has 4 aliphatic heterocycles. The first-order valence-corrected chi connectivity index (χ1v) is 45.9. The van der Waals surface area contributed by atoms with Crippen molar-refractivity contribution in [2.75, 3.05) is 13.2 Å². The van der Waals surface area contributed by atoms with Gasteiger partial charge in [0.1, 0.15) is 49.3 Å². The summed E-state index contributed by atoms with van der Waals surface area (Å²) in [5, 5.41) is 33.0. The van der Waals surface area contributed by atoms with Gasteiger partial charge in [-0.2, -0.15) is 0 Å². The van der Waals surface area contributed by atoms with Gasteiger partial charge < -0.3 is 91.5 Å². The van der Waals surface area contributed by atoms with Crippen LogP contribution >= 0.6 is 0 Å². The lowest BCUT2D eigenvalue weighted by atomic mass is 9.74. The summed E-state index contributed by atoms with van der Waals surface area (Å²) in [6.45, 7) is 46.2. The van der Waals surface area contributed by atoms with Crippen molar-refractivity contribution in [3.05, 3.63) is 108 Å². The quantitative estimate of drug-likeness (QED) is 0.0370. The molecule has 2 unspecified atom stereocenters. The molecule has 21 atom stereocenters. The van der Waals surface area contributed by atoms with Crippen molar-refractivity contribution in [1.29, 1.82) is 0 Å². The van der Waals surface area contributed by atoms with Gasteiger partial charge in [0.2, 0.25) is 0 Å². The van der Waals surface area contributed by atoms with Gasteiger partial charge in [-0.25, -0.2) is 14.4 Å². The maximum Gasteiger partial charge on any atom is 0.407 e. The van der Waals surface area contributed by atoms with Crippen molar-refractivity contribution in [1.82, 2.24) is 16.0 Å². The number of nitrogens with one attached hydrogen (secondary N) is 3. The van der Waals surface area contributed by atoms with Crippen LogP contribution in [0.4, 0.5) is 14.4 Å². The van der Waals surface area contributed by atoms with E-state index in [2.05, 4.69) is 124 Å². The SMILES string of the molecule is CC[C@@H]1O[C@H](O[C@H]2[C@@H](O[Si](C)(C)C(C)(C)C)[C@H](O[C@@H]3[C@@H](O)[C@H](CCC(O)CNC(=O)OC(C)(C)C)C[C@H](C)[C@H]3O[C@H]3O[C@@H]4COC(c5ccccc5)O[C@H]4[C@H](C)[C@H]3NC(=O)OCc3ccccc3)O[C@@H]2CC)[C@H](NC(=O)OCc2ccccc2)[C@@H](O[Si](C)(C)C(C)(C)C)[C@@H]1O[Si](C)(C)C(C)(C)C. The molecule has 22 nitrogen and oxygen atoms in total. The summed E-state index contributed by atoms with van der Waals surface area (Å²) >= 11 is 0. The summed E-state index contributed by atoms with van der Waals surface area (Å²) in [5.74, 6) is -1.32. The highest BCUT2D eigenvalue weighted by Crippen LogP contribution is 2.48. The van der Waals surface area contributed by atoms with Crippen molar-refractivity contribution < 1.29 is 90.0 Å². The highest BCUT2D eigenvalue weighted by atomic mass is 28.4. The van der Waals surface area contributed by atoms with Gasteiger partial charge in [0.15, 0.2) is 50.1 Å². The van der Waals surface area contributed by atoms with Crippen LogP contribution in [0.3, 0.4) is 0 Å². The molecule has 102 heavy (non-hydrogen) atoms.